The molecule has 0 N–H and O–H groups in total. The van der Waals surface area contributed by atoms with Crippen LogP contribution in [-0.2, 0) is 55.7 Å². The number of rotatable bonds is 7. The van der Waals surface area contributed by atoms with Crippen LogP contribution in [0.15, 0.2) is 27.4 Å². The maximum Gasteiger partial charge on any atom is 0.339 e. The number of hydrogen-bond donors (Lipinski definition) is 0. The lowest BCUT2D eigenvalue weighted by Gasteiger charge is -2.43. The van der Waals surface area contributed by atoms with Crippen molar-refractivity contribution in [3.8, 4) is 5.75 Å². The molecule has 1 aliphatic carbocycles. The van der Waals surface area contributed by atoms with Crippen LogP contribution in [-0.4, -0.2) is 61.2 Å². The lowest BCUT2D eigenvalue weighted by atomic mass is 9.98. The van der Waals surface area contributed by atoms with E-state index in [-0.39, 0.29) is 12.4 Å². The third-order valence-corrected chi connectivity index (χ3v) is 6.15. The van der Waals surface area contributed by atoms with E-state index in [0.717, 1.165) is 44.6 Å². The van der Waals surface area contributed by atoms with Crippen LogP contribution in [0.1, 0.15) is 45.2 Å². The van der Waals surface area contributed by atoms with Gasteiger partial charge in [0.05, 0.1) is 0 Å². The molecular weight excluding hydrogens is 504 g/mol. The lowest BCUT2D eigenvalue weighted by molar-refractivity contribution is -0.288. The van der Waals surface area contributed by atoms with E-state index in [1.807, 2.05) is 0 Å². The first-order chi connectivity index (χ1) is 18.0. The highest BCUT2D eigenvalue weighted by atomic mass is 16.7. The molecule has 1 aromatic heterocycles. The van der Waals surface area contributed by atoms with Gasteiger partial charge in [0, 0.05) is 44.7 Å². The summed E-state index contributed by atoms with van der Waals surface area (Å²) in [6.45, 7) is 4.21. The Balaban J connectivity index is 1.71. The maximum atomic E-state index is 12.4. The smallest absolute Gasteiger partial charge is 0.339 e. The van der Waals surface area contributed by atoms with Gasteiger partial charge in [-0.25, -0.2) is 4.79 Å². The highest BCUT2D eigenvalue weighted by Gasteiger charge is 2.53. The van der Waals surface area contributed by atoms with Crippen molar-refractivity contribution in [3.05, 3.63) is 39.7 Å². The van der Waals surface area contributed by atoms with Crippen molar-refractivity contribution in [2.75, 3.05) is 6.61 Å². The molecule has 1 aromatic carbocycles. The van der Waals surface area contributed by atoms with Crippen LogP contribution in [0.2, 0.25) is 0 Å². The molecule has 1 fully saturated rings. The molecule has 4 rings (SSSR count). The summed E-state index contributed by atoms with van der Waals surface area (Å²) in [5.41, 5.74) is 1.51. The Bertz CT molecular complexity index is 1310. The van der Waals surface area contributed by atoms with E-state index in [4.69, 9.17) is 32.8 Å². The molecule has 12 nitrogen and oxygen atoms in total. The van der Waals surface area contributed by atoms with Crippen molar-refractivity contribution in [1.82, 2.24) is 0 Å². The van der Waals surface area contributed by atoms with Gasteiger partial charge < -0.3 is 32.8 Å². The average molecular weight is 532 g/mol. The minimum Gasteiger partial charge on any atom is -0.463 e. The molecule has 0 radical (unpaired) electrons. The number of esters is 4. The molecule has 2 heterocycles. The Hall–Kier alpha value is -3.93. The van der Waals surface area contributed by atoms with Crippen molar-refractivity contribution in [2.45, 2.75) is 77.7 Å². The molecule has 38 heavy (non-hydrogen) atoms. The van der Waals surface area contributed by atoms with Gasteiger partial charge in [-0.2, -0.15) is 0 Å². The van der Waals surface area contributed by atoms with E-state index in [1.165, 1.54) is 13.0 Å². The Kier molecular flexibility index (Phi) is 8.00. The zero-order valence-electron chi connectivity index (χ0n) is 21.3. The van der Waals surface area contributed by atoms with Crippen LogP contribution in [0.5, 0.6) is 5.75 Å². The van der Waals surface area contributed by atoms with Gasteiger partial charge in [-0.15, -0.1) is 0 Å². The second-order valence-electron chi connectivity index (χ2n) is 9.04. The number of ether oxygens (including phenoxy) is 6. The average Bonchev–Trinajstić information content (AvgIpc) is 3.32. The summed E-state index contributed by atoms with van der Waals surface area (Å²) in [6.07, 6.45) is -4.29. The van der Waals surface area contributed by atoms with E-state index < -0.39 is 60.2 Å². The summed E-state index contributed by atoms with van der Waals surface area (Å²) in [4.78, 5) is 59.7. The van der Waals surface area contributed by atoms with Crippen molar-refractivity contribution in [2.24, 2.45) is 0 Å². The highest BCUT2D eigenvalue weighted by Crippen LogP contribution is 2.33. The van der Waals surface area contributed by atoms with E-state index in [1.54, 1.807) is 12.1 Å². The SMILES string of the molecule is CC(=O)OC[C@H]1O[C@@H](Oc2ccc3c4c(c(=O)oc3c2)CCC4)[C@H](OC(C)=O)[C@@H](OC(C)=O)[C@@H]1OC(C)=O. The molecule has 2 aromatic rings. The van der Waals surface area contributed by atoms with Gasteiger partial charge >= 0.3 is 29.5 Å². The summed E-state index contributed by atoms with van der Waals surface area (Å²) in [6, 6.07) is 4.89. The first kappa shape index (κ1) is 27.1. The molecule has 0 amide bonds. The molecule has 0 unspecified atom stereocenters. The van der Waals surface area contributed by atoms with Crippen molar-refractivity contribution in [1.29, 1.82) is 0 Å². The number of aryl methyl sites for hydroxylation is 1. The van der Waals surface area contributed by atoms with E-state index in [9.17, 15) is 24.0 Å². The number of benzene rings is 1. The third kappa shape index (κ3) is 5.96. The molecule has 1 saturated heterocycles. The summed E-state index contributed by atoms with van der Waals surface area (Å²) in [5, 5.41) is 0.783. The van der Waals surface area contributed by atoms with E-state index in [2.05, 4.69) is 0 Å². The molecule has 12 heteroatoms. The molecule has 0 bridgehead atoms. The predicted octanol–water partition coefficient (Wildman–Crippen LogP) is 1.74. The summed E-state index contributed by atoms with van der Waals surface area (Å²) < 4.78 is 38.7. The standard InChI is InChI=1S/C26H28O12/c1-12(27)32-11-21-22(33-13(2)28)23(34-14(3)29)24(35-15(4)30)26(38-21)36-16-8-9-18-17-6-5-7-19(17)25(31)37-20(18)10-16/h8-10,21-24,26H,5-7,11H2,1-4H3/t21-,22-,23+,24-,26-/m1/s1. The zero-order valence-corrected chi connectivity index (χ0v) is 21.3. The molecule has 1 aliphatic heterocycles. The van der Waals surface area contributed by atoms with E-state index in [0.29, 0.717) is 17.6 Å². The fraction of sp³-hybridized carbons (Fsp3) is 0.500. The Morgan fingerprint density at radius 1 is 0.842 bits per heavy atom. The van der Waals surface area contributed by atoms with E-state index >= 15 is 0 Å². The summed E-state index contributed by atoms with van der Waals surface area (Å²) in [5.74, 6) is -2.67. The van der Waals surface area contributed by atoms with Crippen LogP contribution < -0.4 is 10.4 Å². The minimum atomic E-state index is -1.39. The van der Waals surface area contributed by atoms with Crippen LogP contribution >= 0.6 is 0 Å². The normalized spacial score (nSPS) is 24.3. The van der Waals surface area contributed by atoms with Crippen molar-refractivity contribution in [3.63, 3.8) is 0 Å². The van der Waals surface area contributed by atoms with Gasteiger partial charge in [0.25, 0.3) is 0 Å². The largest absolute Gasteiger partial charge is 0.463 e. The number of fused-ring (bicyclic) bond motifs is 3. The Morgan fingerprint density at radius 3 is 2.13 bits per heavy atom. The van der Waals surface area contributed by atoms with Gasteiger partial charge in [0.1, 0.15) is 24.0 Å². The molecular formula is C26H28O12. The number of carbonyl (C=O) groups excluding carboxylic acids is 4. The quantitative estimate of drug-likeness (QED) is 0.290. The monoisotopic (exact) mass is 532 g/mol. The molecule has 2 aliphatic rings. The first-order valence-electron chi connectivity index (χ1n) is 12.1. The van der Waals surface area contributed by atoms with Crippen LogP contribution in [0.4, 0.5) is 0 Å². The second kappa shape index (κ2) is 11.2. The van der Waals surface area contributed by atoms with Crippen LogP contribution in [0, 0.1) is 0 Å². The lowest BCUT2D eigenvalue weighted by Crippen LogP contribution is -2.63. The Morgan fingerprint density at radius 2 is 1.47 bits per heavy atom. The molecule has 0 spiro atoms. The zero-order chi connectivity index (χ0) is 27.6. The number of hydrogen-bond acceptors (Lipinski definition) is 12. The fourth-order valence-corrected chi connectivity index (χ4v) is 4.76. The first-order valence-corrected chi connectivity index (χ1v) is 12.1. The minimum absolute atomic E-state index is 0.194. The summed E-state index contributed by atoms with van der Waals surface area (Å²) in [7, 11) is 0. The maximum absolute atomic E-state index is 12.4. The van der Waals surface area contributed by atoms with Gasteiger partial charge in [-0.3, -0.25) is 19.2 Å². The van der Waals surface area contributed by atoms with Crippen molar-refractivity contribution >= 4 is 34.8 Å². The Labute approximate surface area is 217 Å². The summed E-state index contributed by atoms with van der Waals surface area (Å²) >= 11 is 0. The van der Waals surface area contributed by atoms with Crippen molar-refractivity contribution < 1.29 is 52.0 Å². The fourth-order valence-electron chi connectivity index (χ4n) is 4.76. The highest BCUT2D eigenvalue weighted by molar-refractivity contribution is 5.83. The third-order valence-electron chi connectivity index (χ3n) is 6.15. The van der Waals surface area contributed by atoms with Crippen LogP contribution in [0.25, 0.3) is 11.0 Å². The van der Waals surface area contributed by atoms with Gasteiger partial charge in [-0.05, 0) is 37.0 Å². The molecule has 204 valence electrons. The second-order valence-corrected chi connectivity index (χ2v) is 9.04. The topological polar surface area (TPSA) is 154 Å². The van der Waals surface area contributed by atoms with Gasteiger partial charge in [0.2, 0.25) is 12.4 Å². The van der Waals surface area contributed by atoms with Crippen LogP contribution in [0.3, 0.4) is 0 Å². The van der Waals surface area contributed by atoms with Gasteiger partial charge in [-0.1, -0.05) is 0 Å². The number of carbonyl (C=O) groups is 4. The van der Waals surface area contributed by atoms with Gasteiger partial charge in [0.15, 0.2) is 12.2 Å². The molecule has 5 atom stereocenters. The predicted molar refractivity (Wildman–Crippen MR) is 127 cm³/mol. The molecule has 0 saturated carbocycles.